The minimum Gasteiger partial charge on any atom is -0.295 e. The maximum atomic E-state index is 13.0. The minimum atomic E-state index is -0.509. The number of halogens is 1. The number of thiazole rings is 1. The molecule has 0 atom stereocenters. The Morgan fingerprint density at radius 2 is 2.00 bits per heavy atom. The van der Waals surface area contributed by atoms with Gasteiger partial charge in [-0.3, -0.25) is 10.1 Å². The molecule has 2 aromatic heterocycles. The SMILES string of the molecule is Cc1cccc2sc(NC(=O)c3nnn(-c4ccc(F)cc4)n3)nc12. The van der Waals surface area contributed by atoms with Crippen molar-refractivity contribution >= 4 is 32.6 Å². The first-order valence-electron chi connectivity index (χ1n) is 7.33. The van der Waals surface area contributed by atoms with Crippen LogP contribution in [0.15, 0.2) is 42.5 Å². The standard InChI is InChI=1S/C16H11FN6OS/c1-9-3-2-4-12-13(9)18-16(25-12)19-15(24)14-20-22-23(21-14)11-7-5-10(17)6-8-11/h2-8H,1H3,(H,18,19,24). The van der Waals surface area contributed by atoms with E-state index >= 15 is 0 Å². The van der Waals surface area contributed by atoms with E-state index in [4.69, 9.17) is 0 Å². The molecule has 0 bridgehead atoms. The molecule has 2 heterocycles. The maximum Gasteiger partial charge on any atom is 0.299 e. The normalized spacial score (nSPS) is 11.0. The number of tetrazole rings is 1. The molecule has 0 unspecified atom stereocenters. The van der Waals surface area contributed by atoms with Gasteiger partial charge < -0.3 is 0 Å². The van der Waals surface area contributed by atoms with E-state index in [0.717, 1.165) is 20.6 Å². The molecule has 9 heteroatoms. The summed E-state index contributed by atoms with van der Waals surface area (Å²) in [5.41, 5.74) is 2.39. The maximum absolute atomic E-state index is 13.0. The Balaban J connectivity index is 1.56. The highest BCUT2D eigenvalue weighted by atomic mass is 32.1. The third-order valence-electron chi connectivity index (χ3n) is 3.52. The van der Waals surface area contributed by atoms with E-state index in [1.807, 2.05) is 25.1 Å². The van der Waals surface area contributed by atoms with Gasteiger partial charge in [0.2, 0.25) is 0 Å². The lowest BCUT2D eigenvalue weighted by atomic mass is 10.2. The van der Waals surface area contributed by atoms with Crippen molar-refractivity contribution in [3.8, 4) is 5.69 Å². The smallest absolute Gasteiger partial charge is 0.295 e. The van der Waals surface area contributed by atoms with E-state index in [-0.39, 0.29) is 11.6 Å². The van der Waals surface area contributed by atoms with Crippen molar-refractivity contribution in [3.05, 3.63) is 59.7 Å². The number of aromatic nitrogens is 5. The predicted octanol–water partition coefficient (Wildman–Crippen LogP) is 2.97. The summed E-state index contributed by atoms with van der Waals surface area (Å²) >= 11 is 1.37. The molecule has 0 saturated heterocycles. The van der Waals surface area contributed by atoms with Gasteiger partial charge in [0.15, 0.2) is 5.13 Å². The van der Waals surface area contributed by atoms with Crippen molar-refractivity contribution < 1.29 is 9.18 Å². The number of anilines is 1. The number of carbonyl (C=O) groups is 1. The van der Waals surface area contributed by atoms with Gasteiger partial charge in [-0.1, -0.05) is 23.5 Å². The number of nitrogens with zero attached hydrogens (tertiary/aromatic N) is 5. The van der Waals surface area contributed by atoms with Crippen molar-refractivity contribution in [3.63, 3.8) is 0 Å². The molecule has 0 aliphatic carbocycles. The van der Waals surface area contributed by atoms with Crippen molar-refractivity contribution in [2.75, 3.05) is 5.32 Å². The number of rotatable bonds is 3. The largest absolute Gasteiger partial charge is 0.299 e. The lowest BCUT2D eigenvalue weighted by molar-refractivity contribution is 0.101. The van der Waals surface area contributed by atoms with Crippen molar-refractivity contribution in [2.45, 2.75) is 6.92 Å². The summed E-state index contributed by atoms with van der Waals surface area (Å²) in [5, 5.41) is 14.7. The topological polar surface area (TPSA) is 85.6 Å². The van der Waals surface area contributed by atoms with Crippen LogP contribution in [0.25, 0.3) is 15.9 Å². The number of aryl methyl sites for hydroxylation is 1. The average Bonchev–Trinajstić information content (AvgIpc) is 3.23. The molecule has 1 amide bonds. The number of nitrogens with one attached hydrogen (secondary N) is 1. The lowest BCUT2D eigenvalue weighted by Gasteiger charge is -1.97. The molecule has 0 fully saturated rings. The van der Waals surface area contributed by atoms with Gasteiger partial charge in [-0.2, -0.15) is 0 Å². The molecule has 4 rings (SSSR count). The molecule has 25 heavy (non-hydrogen) atoms. The van der Waals surface area contributed by atoms with Crippen LogP contribution in [0.3, 0.4) is 0 Å². The number of fused-ring (bicyclic) bond motifs is 1. The molecule has 0 aliphatic rings. The molecule has 2 aromatic carbocycles. The molecule has 0 aliphatic heterocycles. The summed E-state index contributed by atoms with van der Waals surface area (Å²) in [6.07, 6.45) is 0. The second-order valence-electron chi connectivity index (χ2n) is 5.27. The Labute approximate surface area is 145 Å². The quantitative estimate of drug-likeness (QED) is 0.611. The highest BCUT2D eigenvalue weighted by Crippen LogP contribution is 2.27. The Kier molecular flexibility index (Phi) is 3.69. The van der Waals surface area contributed by atoms with Gasteiger partial charge in [-0.15, -0.1) is 15.0 Å². The Morgan fingerprint density at radius 3 is 2.76 bits per heavy atom. The van der Waals surface area contributed by atoms with E-state index in [1.165, 1.54) is 35.6 Å². The highest BCUT2D eigenvalue weighted by Gasteiger charge is 2.16. The Morgan fingerprint density at radius 1 is 1.20 bits per heavy atom. The zero-order valence-electron chi connectivity index (χ0n) is 13.0. The molecule has 4 aromatic rings. The fourth-order valence-electron chi connectivity index (χ4n) is 2.28. The molecule has 0 radical (unpaired) electrons. The second kappa shape index (κ2) is 6.02. The van der Waals surface area contributed by atoms with Crippen LogP contribution < -0.4 is 5.32 Å². The van der Waals surface area contributed by atoms with Gasteiger partial charge in [-0.25, -0.2) is 9.37 Å². The zero-order chi connectivity index (χ0) is 17.4. The van der Waals surface area contributed by atoms with Crippen molar-refractivity contribution in [1.29, 1.82) is 0 Å². The van der Waals surface area contributed by atoms with Crippen molar-refractivity contribution in [2.24, 2.45) is 0 Å². The number of amides is 1. The first-order chi connectivity index (χ1) is 12.1. The summed E-state index contributed by atoms with van der Waals surface area (Å²) in [7, 11) is 0. The fraction of sp³-hybridized carbons (Fsp3) is 0.0625. The monoisotopic (exact) mass is 354 g/mol. The van der Waals surface area contributed by atoms with Crippen molar-refractivity contribution in [1.82, 2.24) is 25.2 Å². The molecular weight excluding hydrogens is 343 g/mol. The van der Waals surface area contributed by atoms with Crippen LogP contribution in [0.2, 0.25) is 0 Å². The van der Waals surface area contributed by atoms with Crippen LogP contribution in [0.1, 0.15) is 16.2 Å². The van der Waals surface area contributed by atoms with Crippen LogP contribution >= 0.6 is 11.3 Å². The van der Waals surface area contributed by atoms with Crippen LogP contribution in [0.5, 0.6) is 0 Å². The van der Waals surface area contributed by atoms with Crippen LogP contribution in [0, 0.1) is 12.7 Å². The van der Waals surface area contributed by atoms with E-state index in [9.17, 15) is 9.18 Å². The van der Waals surface area contributed by atoms with Gasteiger partial charge in [0, 0.05) is 0 Å². The number of hydrogen-bond donors (Lipinski definition) is 1. The third-order valence-corrected chi connectivity index (χ3v) is 4.45. The summed E-state index contributed by atoms with van der Waals surface area (Å²) in [4.78, 5) is 17.9. The summed E-state index contributed by atoms with van der Waals surface area (Å²) in [6.45, 7) is 1.96. The Bertz CT molecular complexity index is 1070. The molecule has 0 saturated carbocycles. The van der Waals surface area contributed by atoms with Gasteiger partial charge in [-0.05, 0) is 48.0 Å². The number of para-hydroxylation sites is 1. The molecule has 0 spiro atoms. The van der Waals surface area contributed by atoms with E-state index in [0.29, 0.717) is 10.8 Å². The number of benzene rings is 2. The molecule has 7 nitrogen and oxygen atoms in total. The minimum absolute atomic E-state index is 0.0969. The van der Waals surface area contributed by atoms with Crippen LogP contribution in [0.4, 0.5) is 9.52 Å². The van der Waals surface area contributed by atoms with Gasteiger partial charge in [0.05, 0.1) is 15.9 Å². The van der Waals surface area contributed by atoms with Gasteiger partial charge >= 0.3 is 0 Å². The highest BCUT2D eigenvalue weighted by molar-refractivity contribution is 7.22. The van der Waals surface area contributed by atoms with E-state index in [1.54, 1.807) is 0 Å². The van der Waals surface area contributed by atoms with Crippen LogP contribution in [-0.2, 0) is 0 Å². The second-order valence-corrected chi connectivity index (χ2v) is 6.30. The third kappa shape index (κ3) is 2.96. The molecular formula is C16H11FN6OS. The first kappa shape index (κ1) is 15.3. The summed E-state index contributed by atoms with van der Waals surface area (Å²) < 4.78 is 13.9. The summed E-state index contributed by atoms with van der Waals surface area (Å²) in [6, 6.07) is 11.4. The summed E-state index contributed by atoms with van der Waals surface area (Å²) in [5.74, 6) is -0.974. The lowest BCUT2D eigenvalue weighted by Crippen LogP contribution is -2.14. The Hall–Kier alpha value is -3.20. The van der Waals surface area contributed by atoms with E-state index in [2.05, 4.69) is 25.7 Å². The van der Waals surface area contributed by atoms with Gasteiger partial charge in [0.1, 0.15) is 5.82 Å². The molecule has 124 valence electrons. The predicted molar refractivity (Wildman–Crippen MR) is 91.4 cm³/mol. The average molecular weight is 354 g/mol. The number of hydrogen-bond acceptors (Lipinski definition) is 6. The first-order valence-corrected chi connectivity index (χ1v) is 8.15. The zero-order valence-corrected chi connectivity index (χ0v) is 13.8. The van der Waals surface area contributed by atoms with E-state index < -0.39 is 5.91 Å². The molecule has 1 N–H and O–H groups in total. The van der Waals surface area contributed by atoms with Crippen LogP contribution in [-0.4, -0.2) is 31.1 Å². The number of carbonyl (C=O) groups excluding carboxylic acids is 1. The fourth-order valence-corrected chi connectivity index (χ4v) is 3.22. The van der Waals surface area contributed by atoms with Gasteiger partial charge in [0.25, 0.3) is 11.7 Å².